The number of nitrogens with one attached hydrogen (secondary N) is 1. The van der Waals surface area contributed by atoms with Crippen molar-refractivity contribution in [3.05, 3.63) is 87.7 Å². The molecule has 0 aliphatic rings. The van der Waals surface area contributed by atoms with Crippen molar-refractivity contribution in [1.82, 2.24) is 20.3 Å². The average molecular weight is 401 g/mol. The van der Waals surface area contributed by atoms with Crippen molar-refractivity contribution in [2.45, 2.75) is 19.5 Å². The monoisotopic (exact) mass is 400 g/mol. The van der Waals surface area contributed by atoms with E-state index in [1.54, 1.807) is 35.2 Å². The summed E-state index contributed by atoms with van der Waals surface area (Å²) in [6, 6.07) is 14.9. The van der Waals surface area contributed by atoms with E-state index < -0.39 is 0 Å². The van der Waals surface area contributed by atoms with Crippen molar-refractivity contribution < 1.29 is 4.79 Å². The number of benzene rings is 2. The number of nitrogens with zero attached hydrogens (tertiary/aromatic N) is 3. The zero-order valence-corrected chi connectivity index (χ0v) is 16.2. The van der Waals surface area contributed by atoms with E-state index in [0.717, 1.165) is 11.1 Å². The number of halogens is 2. The molecule has 138 valence electrons. The standard InChI is InChI=1S/C20H18Cl2N4O/c1-14(18-9-7-16(21)11-19(18)22)23-20(27)10-8-17-13-26(25-24-17)12-15-5-3-2-4-6-15/h2-11,13-14H,12H2,1H3,(H,23,27)/b10-8+/t14-/m1/s1. The smallest absolute Gasteiger partial charge is 0.244 e. The van der Waals surface area contributed by atoms with Crippen LogP contribution in [0.3, 0.4) is 0 Å². The summed E-state index contributed by atoms with van der Waals surface area (Å²) in [5.74, 6) is -0.244. The third-order valence-electron chi connectivity index (χ3n) is 3.94. The van der Waals surface area contributed by atoms with E-state index in [0.29, 0.717) is 22.3 Å². The van der Waals surface area contributed by atoms with E-state index in [1.807, 2.05) is 37.3 Å². The van der Waals surface area contributed by atoms with Crippen LogP contribution in [0, 0.1) is 0 Å². The minimum atomic E-state index is -0.249. The quantitative estimate of drug-likeness (QED) is 0.618. The number of carbonyl (C=O) groups is 1. The van der Waals surface area contributed by atoms with Crippen LogP contribution >= 0.6 is 23.2 Å². The van der Waals surface area contributed by atoms with Crippen LogP contribution in [0.4, 0.5) is 0 Å². The zero-order chi connectivity index (χ0) is 19.2. The normalized spacial score (nSPS) is 12.3. The van der Waals surface area contributed by atoms with Crippen LogP contribution < -0.4 is 5.32 Å². The summed E-state index contributed by atoms with van der Waals surface area (Å²) < 4.78 is 1.73. The minimum absolute atomic E-state index is 0.244. The Kier molecular flexibility index (Phi) is 6.27. The van der Waals surface area contributed by atoms with E-state index in [4.69, 9.17) is 23.2 Å². The highest BCUT2D eigenvalue weighted by Crippen LogP contribution is 2.26. The van der Waals surface area contributed by atoms with Gasteiger partial charge in [-0.25, -0.2) is 4.68 Å². The molecule has 7 heteroatoms. The molecule has 1 amide bonds. The lowest BCUT2D eigenvalue weighted by atomic mass is 10.1. The Morgan fingerprint density at radius 1 is 1.22 bits per heavy atom. The Morgan fingerprint density at radius 2 is 2.00 bits per heavy atom. The van der Waals surface area contributed by atoms with Crippen LogP contribution in [0.25, 0.3) is 6.08 Å². The molecule has 1 heterocycles. The predicted octanol–water partition coefficient (Wildman–Crippen LogP) is 4.52. The molecule has 3 aromatic rings. The fourth-order valence-electron chi connectivity index (χ4n) is 2.59. The highest BCUT2D eigenvalue weighted by Gasteiger charge is 2.11. The lowest BCUT2D eigenvalue weighted by Gasteiger charge is -2.14. The highest BCUT2D eigenvalue weighted by molar-refractivity contribution is 6.35. The molecule has 0 radical (unpaired) electrons. The van der Waals surface area contributed by atoms with Gasteiger partial charge in [0.1, 0.15) is 5.69 Å². The fourth-order valence-corrected chi connectivity index (χ4v) is 3.16. The van der Waals surface area contributed by atoms with Crippen molar-refractivity contribution in [3.63, 3.8) is 0 Å². The van der Waals surface area contributed by atoms with Gasteiger partial charge in [-0.2, -0.15) is 0 Å². The summed E-state index contributed by atoms with van der Waals surface area (Å²) in [4.78, 5) is 12.2. The Hall–Kier alpha value is -2.63. The van der Waals surface area contributed by atoms with Crippen LogP contribution in [-0.4, -0.2) is 20.9 Å². The number of hydrogen-bond acceptors (Lipinski definition) is 3. The molecule has 0 aliphatic heterocycles. The third-order valence-corrected chi connectivity index (χ3v) is 4.50. The summed E-state index contributed by atoms with van der Waals surface area (Å²) in [6.07, 6.45) is 4.84. The van der Waals surface area contributed by atoms with E-state index in [-0.39, 0.29) is 11.9 Å². The van der Waals surface area contributed by atoms with Crippen LogP contribution in [-0.2, 0) is 11.3 Å². The Balaban J connectivity index is 1.58. The molecule has 3 rings (SSSR count). The Morgan fingerprint density at radius 3 is 2.74 bits per heavy atom. The number of rotatable bonds is 6. The molecule has 0 unspecified atom stereocenters. The predicted molar refractivity (Wildman–Crippen MR) is 108 cm³/mol. The van der Waals surface area contributed by atoms with Gasteiger partial charge < -0.3 is 5.32 Å². The second kappa shape index (κ2) is 8.84. The van der Waals surface area contributed by atoms with Gasteiger partial charge in [-0.15, -0.1) is 5.10 Å². The van der Waals surface area contributed by atoms with E-state index >= 15 is 0 Å². The molecule has 0 saturated heterocycles. The van der Waals surface area contributed by atoms with Gasteiger partial charge in [0.05, 0.1) is 18.8 Å². The molecule has 5 nitrogen and oxygen atoms in total. The van der Waals surface area contributed by atoms with E-state index in [1.165, 1.54) is 6.08 Å². The molecule has 0 spiro atoms. The number of aromatic nitrogens is 3. The van der Waals surface area contributed by atoms with Crippen molar-refractivity contribution in [2.24, 2.45) is 0 Å². The SMILES string of the molecule is C[C@@H](NC(=O)/C=C/c1cn(Cc2ccccc2)nn1)c1ccc(Cl)cc1Cl. The molecule has 0 bridgehead atoms. The average Bonchev–Trinajstić information content (AvgIpc) is 3.08. The molecule has 0 aliphatic carbocycles. The fraction of sp³-hybridized carbons (Fsp3) is 0.150. The third kappa shape index (κ3) is 5.42. The molecule has 1 N–H and O–H groups in total. The Bertz CT molecular complexity index is 954. The zero-order valence-electron chi connectivity index (χ0n) is 14.6. The summed E-state index contributed by atoms with van der Waals surface area (Å²) >= 11 is 12.1. The van der Waals surface area contributed by atoms with Crippen molar-refractivity contribution >= 4 is 35.2 Å². The number of hydrogen-bond donors (Lipinski definition) is 1. The maximum atomic E-state index is 12.2. The second-order valence-corrected chi connectivity index (χ2v) is 6.90. The molecular formula is C20H18Cl2N4O. The van der Waals surface area contributed by atoms with Gasteiger partial charge in [-0.05, 0) is 36.3 Å². The number of amides is 1. The summed E-state index contributed by atoms with van der Waals surface area (Å²) in [7, 11) is 0. The lowest BCUT2D eigenvalue weighted by Crippen LogP contribution is -2.24. The van der Waals surface area contributed by atoms with Crippen molar-refractivity contribution in [1.29, 1.82) is 0 Å². The molecule has 0 fully saturated rings. The summed E-state index contributed by atoms with van der Waals surface area (Å²) in [5, 5.41) is 12.1. The molecule has 0 saturated carbocycles. The van der Waals surface area contributed by atoms with Crippen LogP contribution in [0.2, 0.25) is 10.0 Å². The topological polar surface area (TPSA) is 59.8 Å². The van der Waals surface area contributed by atoms with Gasteiger partial charge in [-0.1, -0.05) is 64.8 Å². The molecule has 1 atom stereocenters. The summed E-state index contributed by atoms with van der Waals surface area (Å²) in [5.41, 5.74) is 2.54. The highest BCUT2D eigenvalue weighted by atomic mass is 35.5. The molecule has 27 heavy (non-hydrogen) atoms. The number of carbonyl (C=O) groups excluding carboxylic acids is 1. The van der Waals surface area contributed by atoms with Gasteiger partial charge in [0, 0.05) is 16.1 Å². The molecular weight excluding hydrogens is 383 g/mol. The maximum Gasteiger partial charge on any atom is 0.244 e. The van der Waals surface area contributed by atoms with Gasteiger partial charge in [0.15, 0.2) is 0 Å². The van der Waals surface area contributed by atoms with Crippen LogP contribution in [0.5, 0.6) is 0 Å². The van der Waals surface area contributed by atoms with Gasteiger partial charge in [-0.3, -0.25) is 4.79 Å². The van der Waals surface area contributed by atoms with Gasteiger partial charge >= 0.3 is 0 Å². The van der Waals surface area contributed by atoms with Crippen molar-refractivity contribution in [2.75, 3.05) is 0 Å². The van der Waals surface area contributed by atoms with Crippen LogP contribution in [0.15, 0.2) is 60.8 Å². The van der Waals surface area contributed by atoms with E-state index in [9.17, 15) is 4.79 Å². The minimum Gasteiger partial charge on any atom is -0.346 e. The largest absolute Gasteiger partial charge is 0.346 e. The first kappa shape index (κ1) is 19.1. The first-order valence-corrected chi connectivity index (χ1v) is 9.14. The second-order valence-electron chi connectivity index (χ2n) is 6.06. The molecule has 1 aromatic heterocycles. The first-order valence-electron chi connectivity index (χ1n) is 8.39. The summed E-state index contributed by atoms with van der Waals surface area (Å²) in [6.45, 7) is 2.48. The maximum absolute atomic E-state index is 12.2. The Labute approximate surface area is 167 Å². The molecule has 2 aromatic carbocycles. The van der Waals surface area contributed by atoms with E-state index in [2.05, 4.69) is 15.6 Å². The first-order chi connectivity index (χ1) is 13.0. The van der Waals surface area contributed by atoms with Crippen molar-refractivity contribution in [3.8, 4) is 0 Å². The van der Waals surface area contributed by atoms with Gasteiger partial charge in [0.25, 0.3) is 0 Å². The van der Waals surface area contributed by atoms with Crippen LogP contribution in [0.1, 0.15) is 29.8 Å². The van der Waals surface area contributed by atoms with Gasteiger partial charge in [0.2, 0.25) is 5.91 Å². The lowest BCUT2D eigenvalue weighted by molar-refractivity contribution is -0.117.